The first kappa shape index (κ1) is 30.5. The van der Waals surface area contributed by atoms with Gasteiger partial charge < -0.3 is 9.53 Å². The van der Waals surface area contributed by atoms with Gasteiger partial charge in [0.2, 0.25) is 0 Å². The van der Waals surface area contributed by atoms with Crippen molar-refractivity contribution in [3.05, 3.63) is 47.5 Å². The number of methoxy groups -OCH3 is 1. The second-order valence-corrected chi connectivity index (χ2v) is 16.4. The van der Waals surface area contributed by atoms with Crippen molar-refractivity contribution in [1.82, 2.24) is 0 Å². The van der Waals surface area contributed by atoms with Gasteiger partial charge in [0.15, 0.2) is 8.32 Å². The smallest absolute Gasteiger partial charge is 0.305 e. The maximum atomic E-state index is 12.7. The Bertz CT molecular complexity index is 850. The molecule has 0 aromatic heterocycles. The Kier molecular flexibility index (Phi) is 12.1. The lowest BCUT2D eigenvalue weighted by Crippen LogP contribution is -2.39. The number of carbonyl (C=O) groups excluding carboxylic acids is 2. The van der Waals surface area contributed by atoms with Gasteiger partial charge in [0, 0.05) is 18.8 Å². The molecule has 0 saturated heterocycles. The van der Waals surface area contributed by atoms with E-state index in [4.69, 9.17) is 0 Å². The molecule has 36 heavy (non-hydrogen) atoms. The van der Waals surface area contributed by atoms with Gasteiger partial charge in [-0.2, -0.15) is 0 Å². The lowest BCUT2D eigenvalue weighted by atomic mass is 9.82. The Labute approximate surface area is 221 Å². The summed E-state index contributed by atoms with van der Waals surface area (Å²) in [7, 11) is -0.855. The summed E-state index contributed by atoms with van der Waals surface area (Å²) in [6.45, 7) is 10.8. The molecular formula is C31H50O4Si. The number of allylic oxidation sites excluding steroid dienone is 2. The van der Waals surface area contributed by atoms with E-state index in [1.54, 1.807) is 0 Å². The molecule has 1 unspecified atom stereocenters. The van der Waals surface area contributed by atoms with Crippen LogP contribution in [0, 0.1) is 5.92 Å². The molecule has 202 valence electrons. The van der Waals surface area contributed by atoms with E-state index in [9.17, 15) is 14.4 Å². The summed E-state index contributed by atoms with van der Waals surface area (Å²) in [6.07, 6.45) is 14.5. The standard InChI is InChI=1S/C31H50O4Si/c1-7-8-11-14-26(23-31(2,3)36(5,6)34)24-17-19-25(20-18-24)27-21-22-29(32)28(27)15-12-9-10-13-16-30(33)35-4/h9,12,17-20,26-28,34H,7-8,10-11,13-16,21-23H2,1-6H3/b12-9-/t26?,27-,28-/m1/s1. The molecule has 0 bridgehead atoms. The molecule has 0 spiro atoms. The maximum absolute atomic E-state index is 12.7. The normalized spacial score (nSPS) is 19.7. The quantitative estimate of drug-likeness (QED) is 0.111. The van der Waals surface area contributed by atoms with Crippen molar-refractivity contribution in [3.8, 4) is 0 Å². The predicted molar refractivity (Wildman–Crippen MR) is 152 cm³/mol. The van der Waals surface area contributed by atoms with Crippen molar-refractivity contribution in [1.29, 1.82) is 0 Å². The van der Waals surface area contributed by atoms with Gasteiger partial charge in [-0.25, -0.2) is 0 Å². The molecule has 1 aromatic rings. The van der Waals surface area contributed by atoms with E-state index in [0.29, 0.717) is 24.5 Å². The number of benzene rings is 1. The molecule has 0 heterocycles. The minimum absolute atomic E-state index is 0.0469. The third kappa shape index (κ3) is 8.99. The Hall–Kier alpha value is -1.72. The van der Waals surface area contributed by atoms with Crippen LogP contribution >= 0.6 is 0 Å². The fourth-order valence-electron chi connectivity index (χ4n) is 5.34. The van der Waals surface area contributed by atoms with Gasteiger partial charge in [-0.05, 0) is 79.6 Å². The summed E-state index contributed by atoms with van der Waals surface area (Å²) in [5.41, 5.74) is 2.64. The van der Waals surface area contributed by atoms with Crippen LogP contribution in [0.1, 0.15) is 114 Å². The number of Topliss-reactive ketones (excluding diaryl/α,β-unsaturated/α-hetero) is 1. The van der Waals surface area contributed by atoms with E-state index in [-0.39, 0.29) is 22.8 Å². The second kappa shape index (κ2) is 14.3. The molecule has 3 atom stereocenters. The van der Waals surface area contributed by atoms with Crippen LogP contribution in [0.3, 0.4) is 0 Å². The minimum Gasteiger partial charge on any atom is -0.469 e. The monoisotopic (exact) mass is 514 g/mol. The van der Waals surface area contributed by atoms with E-state index < -0.39 is 8.32 Å². The lowest BCUT2D eigenvalue weighted by molar-refractivity contribution is -0.140. The zero-order valence-electron chi connectivity index (χ0n) is 23.6. The van der Waals surface area contributed by atoms with Crippen LogP contribution in [0.15, 0.2) is 36.4 Å². The topological polar surface area (TPSA) is 63.6 Å². The molecule has 1 N–H and O–H groups in total. The van der Waals surface area contributed by atoms with Crippen molar-refractivity contribution < 1.29 is 19.1 Å². The summed E-state index contributed by atoms with van der Waals surface area (Å²) < 4.78 is 4.68. The Balaban J connectivity index is 2.07. The van der Waals surface area contributed by atoms with Gasteiger partial charge in [0.25, 0.3) is 0 Å². The highest BCUT2D eigenvalue weighted by Gasteiger charge is 2.40. The largest absolute Gasteiger partial charge is 0.469 e. The van der Waals surface area contributed by atoms with Crippen LogP contribution in [-0.2, 0) is 14.3 Å². The van der Waals surface area contributed by atoms with Crippen LogP contribution in [0.2, 0.25) is 18.1 Å². The van der Waals surface area contributed by atoms with Gasteiger partial charge in [-0.1, -0.05) is 76.5 Å². The first-order chi connectivity index (χ1) is 17.0. The number of ketones is 1. The molecule has 0 radical (unpaired) electrons. The van der Waals surface area contributed by atoms with Crippen LogP contribution in [0.4, 0.5) is 0 Å². The highest BCUT2D eigenvalue weighted by Crippen LogP contribution is 2.46. The molecule has 1 aliphatic rings. The maximum Gasteiger partial charge on any atom is 0.305 e. The van der Waals surface area contributed by atoms with Crippen molar-refractivity contribution in [2.24, 2.45) is 5.92 Å². The van der Waals surface area contributed by atoms with E-state index >= 15 is 0 Å². The summed E-state index contributed by atoms with van der Waals surface area (Å²) in [6, 6.07) is 9.09. The van der Waals surface area contributed by atoms with Gasteiger partial charge in [-0.15, -0.1) is 0 Å². The summed E-state index contributed by atoms with van der Waals surface area (Å²) in [4.78, 5) is 34.8. The van der Waals surface area contributed by atoms with Gasteiger partial charge in [0.05, 0.1) is 7.11 Å². The van der Waals surface area contributed by atoms with Gasteiger partial charge in [-0.3, -0.25) is 9.59 Å². The molecule has 5 heteroatoms. The number of carbonyl (C=O) groups is 2. The molecule has 0 aliphatic heterocycles. The lowest BCUT2D eigenvalue weighted by Gasteiger charge is -2.38. The third-order valence-corrected chi connectivity index (χ3v) is 12.1. The zero-order chi connectivity index (χ0) is 26.8. The summed E-state index contributed by atoms with van der Waals surface area (Å²) in [5, 5.41) is -0.0469. The molecule has 1 saturated carbocycles. The molecule has 2 rings (SSSR count). The summed E-state index contributed by atoms with van der Waals surface area (Å²) >= 11 is 0. The fourth-order valence-corrected chi connectivity index (χ4v) is 6.08. The predicted octanol–water partition coefficient (Wildman–Crippen LogP) is 8.07. The van der Waals surface area contributed by atoms with Crippen molar-refractivity contribution in [2.45, 2.75) is 121 Å². The highest BCUT2D eigenvalue weighted by atomic mass is 28.4. The van der Waals surface area contributed by atoms with Crippen molar-refractivity contribution >= 4 is 20.1 Å². The van der Waals surface area contributed by atoms with Crippen LogP contribution < -0.4 is 0 Å². The highest BCUT2D eigenvalue weighted by molar-refractivity contribution is 6.72. The minimum atomic E-state index is -2.27. The average molecular weight is 515 g/mol. The van der Waals surface area contributed by atoms with Crippen LogP contribution in [-0.4, -0.2) is 32.0 Å². The van der Waals surface area contributed by atoms with E-state index in [0.717, 1.165) is 38.5 Å². The number of hydrogen-bond acceptors (Lipinski definition) is 4. The fraction of sp³-hybridized carbons (Fsp3) is 0.677. The van der Waals surface area contributed by atoms with Crippen LogP contribution in [0.25, 0.3) is 0 Å². The summed E-state index contributed by atoms with van der Waals surface area (Å²) in [5.74, 6) is 0.987. The number of esters is 1. The average Bonchev–Trinajstić information content (AvgIpc) is 3.20. The molecular weight excluding hydrogens is 464 g/mol. The van der Waals surface area contributed by atoms with Gasteiger partial charge in [0.1, 0.15) is 5.78 Å². The SMILES string of the molecule is CCCCCC(CC(C)(C)[Si](C)(C)O)c1ccc([C@H]2CCC(=O)[C@@H]2C/C=C\CCCC(=O)OC)cc1. The molecule has 1 fully saturated rings. The Morgan fingerprint density at radius 1 is 1.17 bits per heavy atom. The third-order valence-electron chi connectivity index (χ3n) is 8.54. The van der Waals surface area contributed by atoms with E-state index in [1.807, 2.05) is 0 Å². The molecule has 1 aliphatic carbocycles. The van der Waals surface area contributed by atoms with Crippen molar-refractivity contribution in [2.75, 3.05) is 7.11 Å². The van der Waals surface area contributed by atoms with Crippen LogP contribution in [0.5, 0.6) is 0 Å². The number of rotatable bonds is 15. The number of hydrogen-bond donors (Lipinski definition) is 1. The molecule has 0 amide bonds. The number of ether oxygens (including phenoxy) is 1. The molecule has 1 aromatic carbocycles. The Morgan fingerprint density at radius 2 is 1.86 bits per heavy atom. The Morgan fingerprint density at radius 3 is 2.47 bits per heavy atom. The first-order valence-electron chi connectivity index (χ1n) is 14.1. The van der Waals surface area contributed by atoms with E-state index in [1.165, 1.54) is 37.5 Å². The first-order valence-corrected chi connectivity index (χ1v) is 17.0. The zero-order valence-corrected chi connectivity index (χ0v) is 24.6. The van der Waals surface area contributed by atoms with Crippen molar-refractivity contribution in [3.63, 3.8) is 0 Å². The van der Waals surface area contributed by atoms with E-state index in [2.05, 4.69) is 75.0 Å². The second-order valence-electron chi connectivity index (χ2n) is 11.9. The number of unbranched alkanes of at least 4 members (excludes halogenated alkanes) is 3. The van der Waals surface area contributed by atoms with Gasteiger partial charge >= 0.3 is 5.97 Å². The molecule has 4 nitrogen and oxygen atoms in total.